The number of aromatic carboxylic acids is 1. The van der Waals surface area contributed by atoms with E-state index in [1.165, 1.54) is 18.2 Å². The van der Waals surface area contributed by atoms with Gasteiger partial charge in [-0.3, -0.25) is 10.1 Å². The van der Waals surface area contributed by atoms with Gasteiger partial charge >= 0.3 is 5.97 Å². The Balaban J connectivity index is 2.36. The minimum atomic E-state index is -1.14. The van der Waals surface area contributed by atoms with Crippen LogP contribution in [0.2, 0.25) is 0 Å². The molecule has 0 aliphatic rings. The summed E-state index contributed by atoms with van der Waals surface area (Å²) in [4.78, 5) is 20.7. The van der Waals surface area contributed by atoms with Crippen LogP contribution in [-0.4, -0.2) is 16.0 Å². The predicted octanol–water partition coefficient (Wildman–Crippen LogP) is 3.83. The first-order chi connectivity index (χ1) is 9.88. The number of ether oxygens (including phenoxy) is 1. The quantitative estimate of drug-likeness (QED) is 0.476. The van der Waals surface area contributed by atoms with Crippen molar-refractivity contribution in [1.29, 1.82) is 0 Å². The zero-order valence-electron chi connectivity index (χ0n) is 10.2. The highest BCUT2D eigenvalue weighted by Crippen LogP contribution is 2.31. The summed E-state index contributed by atoms with van der Waals surface area (Å²) in [5.74, 6) is -2.11. The highest BCUT2D eigenvalue weighted by molar-refractivity contribution is 14.1. The lowest BCUT2D eigenvalue weighted by Gasteiger charge is -2.09. The van der Waals surface area contributed by atoms with Crippen molar-refractivity contribution in [3.05, 3.63) is 61.5 Å². The molecule has 1 N–H and O–H groups in total. The van der Waals surface area contributed by atoms with Crippen LogP contribution in [0.15, 0.2) is 36.4 Å². The molecule has 0 heterocycles. The highest BCUT2D eigenvalue weighted by atomic mass is 127. The van der Waals surface area contributed by atoms with E-state index in [-0.39, 0.29) is 17.1 Å². The van der Waals surface area contributed by atoms with Crippen molar-refractivity contribution in [3.8, 4) is 11.5 Å². The lowest BCUT2D eigenvalue weighted by molar-refractivity contribution is -0.385. The first-order valence-corrected chi connectivity index (χ1v) is 6.61. The number of non-ortho nitro benzene ring substituents is 1. The van der Waals surface area contributed by atoms with E-state index in [0.717, 1.165) is 18.2 Å². The van der Waals surface area contributed by atoms with Crippen molar-refractivity contribution in [1.82, 2.24) is 0 Å². The van der Waals surface area contributed by atoms with Crippen molar-refractivity contribution in [2.45, 2.75) is 0 Å². The smallest absolute Gasteiger partial charge is 0.335 e. The normalized spacial score (nSPS) is 10.2. The number of carboxylic acid groups (broad SMARTS) is 1. The molecule has 21 heavy (non-hydrogen) atoms. The number of hydrogen-bond acceptors (Lipinski definition) is 4. The van der Waals surface area contributed by atoms with E-state index in [4.69, 9.17) is 9.84 Å². The van der Waals surface area contributed by atoms with Gasteiger partial charge in [0.2, 0.25) is 0 Å². The van der Waals surface area contributed by atoms with E-state index >= 15 is 0 Å². The molecular formula is C13H7FINO5. The molecular weight excluding hydrogens is 396 g/mol. The molecule has 0 aromatic heterocycles. The molecule has 0 amide bonds. The van der Waals surface area contributed by atoms with Gasteiger partial charge in [0, 0.05) is 6.07 Å². The number of hydrogen-bond donors (Lipinski definition) is 1. The summed E-state index contributed by atoms with van der Waals surface area (Å²) >= 11 is 1.91. The number of nitrogens with zero attached hydrogens (tertiary/aromatic N) is 1. The molecule has 0 aliphatic heterocycles. The van der Waals surface area contributed by atoms with Crippen LogP contribution >= 0.6 is 22.6 Å². The van der Waals surface area contributed by atoms with Crippen molar-refractivity contribution in [2.75, 3.05) is 0 Å². The summed E-state index contributed by atoms with van der Waals surface area (Å²) in [6.07, 6.45) is 0. The monoisotopic (exact) mass is 403 g/mol. The molecule has 0 bridgehead atoms. The number of benzene rings is 2. The Morgan fingerprint density at radius 2 is 1.95 bits per heavy atom. The van der Waals surface area contributed by atoms with E-state index in [2.05, 4.69) is 0 Å². The average molecular weight is 403 g/mol. The minimum Gasteiger partial charge on any atom is -0.478 e. The maximum Gasteiger partial charge on any atom is 0.335 e. The van der Waals surface area contributed by atoms with Gasteiger partial charge in [0.1, 0.15) is 5.75 Å². The molecule has 0 spiro atoms. The third-order valence-electron chi connectivity index (χ3n) is 2.52. The molecule has 2 rings (SSSR count). The number of carbonyl (C=O) groups is 1. The van der Waals surface area contributed by atoms with E-state index in [1.807, 2.05) is 22.6 Å². The fourth-order valence-electron chi connectivity index (χ4n) is 1.52. The molecule has 0 unspecified atom stereocenters. The third-order valence-corrected chi connectivity index (χ3v) is 3.42. The topological polar surface area (TPSA) is 89.7 Å². The lowest BCUT2D eigenvalue weighted by atomic mass is 10.2. The summed E-state index contributed by atoms with van der Waals surface area (Å²) in [6.45, 7) is 0. The van der Waals surface area contributed by atoms with Gasteiger partial charge in [0.25, 0.3) is 5.69 Å². The van der Waals surface area contributed by atoms with Gasteiger partial charge in [-0.2, -0.15) is 0 Å². The van der Waals surface area contributed by atoms with Crippen molar-refractivity contribution in [2.24, 2.45) is 0 Å². The number of nitro benzene ring substituents is 1. The van der Waals surface area contributed by atoms with Gasteiger partial charge in [-0.15, -0.1) is 0 Å². The molecule has 8 heteroatoms. The highest BCUT2D eigenvalue weighted by Gasteiger charge is 2.14. The van der Waals surface area contributed by atoms with E-state index < -0.39 is 22.4 Å². The summed E-state index contributed by atoms with van der Waals surface area (Å²) in [5, 5.41) is 19.4. The second kappa shape index (κ2) is 6.04. The lowest BCUT2D eigenvalue weighted by Crippen LogP contribution is -1.98. The Hall–Kier alpha value is -2.23. The first-order valence-electron chi connectivity index (χ1n) is 5.53. The second-order valence-corrected chi connectivity index (χ2v) is 5.09. The predicted molar refractivity (Wildman–Crippen MR) is 79.2 cm³/mol. The summed E-state index contributed by atoms with van der Waals surface area (Å²) in [7, 11) is 0. The van der Waals surface area contributed by atoms with Crippen LogP contribution in [0.25, 0.3) is 0 Å². The molecule has 2 aromatic rings. The van der Waals surface area contributed by atoms with Crippen molar-refractivity contribution >= 4 is 34.2 Å². The second-order valence-electron chi connectivity index (χ2n) is 3.92. The van der Waals surface area contributed by atoms with Gasteiger partial charge in [0.15, 0.2) is 11.6 Å². The van der Waals surface area contributed by atoms with Crippen molar-refractivity contribution < 1.29 is 24.0 Å². The van der Waals surface area contributed by atoms with Crippen LogP contribution in [0, 0.1) is 19.5 Å². The third kappa shape index (κ3) is 3.45. The molecule has 0 fully saturated rings. The molecule has 0 saturated heterocycles. The SMILES string of the molecule is O=C(O)c1ccc(I)c(Oc2ccc([N+](=O)[O-])cc2F)c1. The van der Waals surface area contributed by atoms with Gasteiger partial charge in [-0.05, 0) is 46.9 Å². The Kier molecular flexibility index (Phi) is 4.36. The number of carboxylic acids is 1. The Morgan fingerprint density at radius 3 is 2.52 bits per heavy atom. The Bertz CT molecular complexity index is 734. The van der Waals surface area contributed by atoms with Crippen LogP contribution in [0.5, 0.6) is 11.5 Å². The fourth-order valence-corrected chi connectivity index (χ4v) is 1.96. The Morgan fingerprint density at radius 1 is 1.24 bits per heavy atom. The first kappa shape index (κ1) is 15.2. The minimum absolute atomic E-state index is 0.00673. The van der Waals surface area contributed by atoms with Gasteiger partial charge < -0.3 is 9.84 Å². The zero-order valence-corrected chi connectivity index (χ0v) is 12.4. The van der Waals surface area contributed by atoms with E-state index in [0.29, 0.717) is 3.57 Å². The maximum atomic E-state index is 13.7. The van der Waals surface area contributed by atoms with E-state index in [1.54, 1.807) is 0 Å². The number of rotatable bonds is 4. The van der Waals surface area contributed by atoms with Gasteiger partial charge in [0.05, 0.1) is 20.1 Å². The summed E-state index contributed by atoms with van der Waals surface area (Å²) in [5.41, 5.74) is -0.401. The fraction of sp³-hybridized carbons (Fsp3) is 0. The number of halogens is 2. The van der Waals surface area contributed by atoms with E-state index in [9.17, 15) is 19.3 Å². The van der Waals surface area contributed by atoms with Crippen LogP contribution in [0.3, 0.4) is 0 Å². The molecule has 6 nitrogen and oxygen atoms in total. The molecule has 0 atom stereocenters. The molecule has 0 radical (unpaired) electrons. The van der Waals surface area contributed by atoms with Crippen molar-refractivity contribution in [3.63, 3.8) is 0 Å². The Labute approximate surface area is 131 Å². The molecule has 2 aromatic carbocycles. The summed E-state index contributed by atoms with van der Waals surface area (Å²) < 4.78 is 19.6. The largest absolute Gasteiger partial charge is 0.478 e. The number of nitro groups is 1. The molecule has 0 aliphatic carbocycles. The summed E-state index contributed by atoms with van der Waals surface area (Å²) in [6, 6.07) is 7.13. The van der Waals surface area contributed by atoms with Crippen LogP contribution in [0.4, 0.5) is 10.1 Å². The standard InChI is InChI=1S/C13H7FINO5/c14-9-6-8(16(19)20)2-4-11(9)21-12-5-7(13(17)18)1-3-10(12)15/h1-6H,(H,17,18). The molecule has 0 saturated carbocycles. The van der Waals surface area contributed by atoms with Crippen LogP contribution in [0.1, 0.15) is 10.4 Å². The van der Waals surface area contributed by atoms with Crippen LogP contribution in [-0.2, 0) is 0 Å². The molecule has 108 valence electrons. The van der Waals surface area contributed by atoms with Gasteiger partial charge in [-0.1, -0.05) is 0 Å². The van der Waals surface area contributed by atoms with Gasteiger partial charge in [-0.25, -0.2) is 9.18 Å². The maximum absolute atomic E-state index is 13.7. The average Bonchev–Trinajstić information content (AvgIpc) is 2.42. The van der Waals surface area contributed by atoms with Crippen LogP contribution < -0.4 is 4.74 Å². The zero-order chi connectivity index (χ0) is 15.6.